The van der Waals surface area contributed by atoms with Gasteiger partial charge in [-0.3, -0.25) is 0 Å². The Kier molecular flexibility index (Phi) is 2.00. The largest absolute Gasteiger partial charge is 0.382 e. The standard InChI is InChI=1S/C10H13NO/c1-12-8-10-7-11(10)9-5-3-2-4-6-9/h2-6,10H,7-8H2,1H3. The van der Waals surface area contributed by atoms with Crippen molar-refractivity contribution in [3.63, 3.8) is 0 Å². The van der Waals surface area contributed by atoms with Gasteiger partial charge in [0.2, 0.25) is 0 Å². The Balaban J connectivity index is 1.97. The summed E-state index contributed by atoms with van der Waals surface area (Å²) in [5.74, 6) is 0. The van der Waals surface area contributed by atoms with Gasteiger partial charge in [-0.15, -0.1) is 0 Å². The van der Waals surface area contributed by atoms with Crippen LogP contribution >= 0.6 is 0 Å². The summed E-state index contributed by atoms with van der Waals surface area (Å²) < 4.78 is 5.08. The van der Waals surface area contributed by atoms with Crippen LogP contribution in [0.1, 0.15) is 0 Å². The van der Waals surface area contributed by atoms with Gasteiger partial charge in [-0.25, -0.2) is 0 Å². The molecule has 1 unspecified atom stereocenters. The van der Waals surface area contributed by atoms with Gasteiger partial charge in [0.15, 0.2) is 0 Å². The highest BCUT2D eigenvalue weighted by atomic mass is 16.5. The highest BCUT2D eigenvalue weighted by Gasteiger charge is 2.33. The first-order valence-corrected chi connectivity index (χ1v) is 4.22. The molecule has 0 aliphatic carbocycles. The molecule has 64 valence electrons. The van der Waals surface area contributed by atoms with Gasteiger partial charge in [0.05, 0.1) is 12.6 Å². The molecular weight excluding hydrogens is 150 g/mol. The first-order valence-electron chi connectivity index (χ1n) is 4.22. The number of hydrogen-bond donors (Lipinski definition) is 0. The van der Waals surface area contributed by atoms with Crippen molar-refractivity contribution in [2.24, 2.45) is 0 Å². The Morgan fingerprint density at radius 1 is 1.42 bits per heavy atom. The molecule has 2 rings (SSSR count). The van der Waals surface area contributed by atoms with Gasteiger partial charge in [0.1, 0.15) is 0 Å². The lowest BCUT2D eigenvalue weighted by Crippen LogP contribution is -2.05. The fourth-order valence-electron chi connectivity index (χ4n) is 1.45. The lowest BCUT2D eigenvalue weighted by atomic mass is 10.3. The van der Waals surface area contributed by atoms with E-state index in [0.29, 0.717) is 6.04 Å². The minimum Gasteiger partial charge on any atom is -0.382 e. The Labute approximate surface area is 72.8 Å². The summed E-state index contributed by atoms with van der Waals surface area (Å²) >= 11 is 0. The van der Waals surface area contributed by atoms with E-state index in [-0.39, 0.29) is 0 Å². The van der Waals surface area contributed by atoms with Crippen LogP contribution in [0.3, 0.4) is 0 Å². The summed E-state index contributed by atoms with van der Waals surface area (Å²) in [5.41, 5.74) is 1.31. The molecule has 0 spiro atoms. The van der Waals surface area contributed by atoms with Crippen molar-refractivity contribution < 1.29 is 4.74 Å². The molecule has 1 fully saturated rings. The molecule has 1 saturated heterocycles. The molecule has 0 N–H and O–H groups in total. The third-order valence-corrected chi connectivity index (χ3v) is 2.16. The van der Waals surface area contributed by atoms with Crippen LogP contribution in [0.2, 0.25) is 0 Å². The molecule has 1 aliphatic heterocycles. The van der Waals surface area contributed by atoms with E-state index in [1.54, 1.807) is 7.11 Å². The number of anilines is 1. The first-order chi connectivity index (χ1) is 5.92. The highest BCUT2D eigenvalue weighted by Crippen LogP contribution is 2.26. The molecule has 0 bridgehead atoms. The van der Waals surface area contributed by atoms with Crippen LogP contribution in [-0.2, 0) is 4.74 Å². The van der Waals surface area contributed by atoms with Crippen LogP contribution in [0.5, 0.6) is 0 Å². The van der Waals surface area contributed by atoms with E-state index in [4.69, 9.17) is 4.74 Å². The minimum atomic E-state index is 0.609. The van der Waals surface area contributed by atoms with Crippen LogP contribution < -0.4 is 4.90 Å². The molecule has 1 aliphatic rings. The van der Waals surface area contributed by atoms with Gasteiger partial charge >= 0.3 is 0 Å². The average Bonchev–Trinajstić information content (AvgIpc) is 2.87. The summed E-state index contributed by atoms with van der Waals surface area (Å²) in [6, 6.07) is 11.1. The van der Waals surface area contributed by atoms with Crippen molar-refractivity contribution in [1.82, 2.24) is 0 Å². The highest BCUT2D eigenvalue weighted by molar-refractivity contribution is 5.53. The number of benzene rings is 1. The molecule has 1 heterocycles. The van der Waals surface area contributed by atoms with Crippen LogP contribution in [-0.4, -0.2) is 26.3 Å². The monoisotopic (exact) mass is 163 g/mol. The van der Waals surface area contributed by atoms with E-state index in [1.165, 1.54) is 5.69 Å². The van der Waals surface area contributed by atoms with Gasteiger partial charge in [-0.1, -0.05) is 18.2 Å². The summed E-state index contributed by atoms with van der Waals surface area (Å²) in [4.78, 5) is 2.34. The molecule has 0 saturated carbocycles. The molecule has 0 amide bonds. The van der Waals surface area contributed by atoms with Crippen LogP contribution in [0.4, 0.5) is 5.69 Å². The van der Waals surface area contributed by atoms with Crippen molar-refractivity contribution in [2.45, 2.75) is 6.04 Å². The lowest BCUT2D eigenvalue weighted by molar-refractivity contribution is 0.203. The normalized spacial score (nSPS) is 21.1. The zero-order valence-electron chi connectivity index (χ0n) is 7.23. The van der Waals surface area contributed by atoms with E-state index in [2.05, 4.69) is 29.2 Å². The minimum absolute atomic E-state index is 0.609. The van der Waals surface area contributed by atoms with Gasteiger partial charge in [-0.2, -0.15) is 0 Å². The maximum Gasteiger partial charge on any atom is 0.0699 e. The SMILES string of the molecule is COCC1CN1c1ccccc1. The van der Waals surface area contributed by atoms with E-state index < -0.39 is 0 Å². The molecule has 12 heavy (non-hydrogen) atoms. The van der Waals surface area contributed by atoms with Gasteiger partial charge < -0.3 is 9.64 Å². The molecular formula is C10H13NO. The fourth-order valence-corrected chi connectivity index (χ4v) is 1.45. The Morgan fingerprint density at radius 3 is 2.83 bits per heavy atom. The second-order valence-corrected chi connectivity index (χ2v) is 3.10. The second-order valence-electron chi connectivity index (χ2n) is 3.10. The number of ether oxygens (including phenoxy) is 1. The van der Waals surface area contributed by atoms with Crippen LogP contribution in [0.15, 0.2) is 30.3 Å². The number of nitrogens with zero attached hydrogens (tertiary/aromatic N) is 1. The first kappa shape index (κ1) is 7.62. The number of methoxy groups -OCH3 is 1. The lowest BCUT2D eigenvalue weighted by Gasteiger charge is -2.03. The summed E-state index contributed by atoms with van der Waals surface area (Å²) in [6.45, 7) is 1.98. The molecule has 1 aromatic rings. The molecule has 1 atom stereocenters. The summed E-state index contributed by atoms with van der Waals surface area (Å²) in [6.07, 6.45) is 0. The van der Waals surface area contributed by atoms with E-state index in [9.17, 15) is 0 Å². The van der Waals surface area contributed by atoms with E-state index in [0.717, 1.165) is 13.2 Å². The molecule has 2 heteroatoms. The third kappa shape index (κ3) is 1.43. The topological polar surface area (TPSA) is 12.2 Å². The van der Waals surface area contributed by atoms with Crippen molar-refractivity contribution >= 4 is 5.69 Å². The Hall–Kier alpha value is -1.02. The van der Waals surface area contributed by atoms with E-state index in [1.807, 2.05) is 6.07 Å². The second kappa shape index (κ2) is 3.15. The average molecular weight is 163 g/mol. The molecule has 0 radical (unpaired) electrons. The van der Waals surface area contributed by atoms with Gasteiger partial charge in [0.25, 0.3) is 0 Å². The van der Waals surface area contributed by atoms with Crippen molar-refractivity contribution in [1.29, 1.82) is 0 Å². The Morgan fingerprint density at radius 2 is 2.17 bits per heavy atom. The van der Waals surface area contributed by atoms with Crippen molar-refractivity contribution in [3.05, 3.63) is 30.3 Å². The number of rotatable bonds is 3. The van der Waals surface area contributed by atoms with Crippen molar-refractivity contribution in [2.75, 3.05) is 25.2 Å². The van der Waals surface area contributed by atoms with Crippen molar-refractivity contribution in [3.8, 4) is 0 Å². The summed E-state index contributed by atoms with van der Waals surface area (Å²) in [5, 5.41) is 0. The zero-order valence-corrected chi connectivity index (χ0v) is 7.23. The predicted octanol–water partition coefficient (Wildman–Crippen LogP) is 1.52. The van der Waals surface area contributed by atoms with Gasteiger partial charge in [-0.05, 0) is 12.1 Å². The number of para-hydroxylation sites is 1. The Bertz CT molecular complexity index is 247. The maximum absolute atomic E-state index is 5.08. The van der Waals surface area contributed by atoms with E-state index >= 15 is 0 Å². The predicted molar refractivity (Wildman–Crippen MR) is 49.5 cm³/mol. The van der Waals surface area contributed by atoms with Crippen LogP contribution in [0, 0.1) is 0 Å². The zero-order chi connectivity index (χ0) is 8.39. The molecule has 1 aromatic carbocycles. The quantitative estimate of drug-likeness (QED) is 0.626. The fraction of sp³-hybridized carbons (Fsp3) is 0.400. The van der Waals surface area contributed by atoms with Crippen LogP contribution in [0.25, 0.3) is 0 Å². The number of hydrogen-bond acceptors (Lipinski definition) is 2. The molecule has 2 nitrogen and oxygen atoms in total. The van der Waals surface area contributed by atoms with Gasteiger partial charge in [0, 0.05) is 19.3 Å². The smallest absolute Gasteiger partial charge is 0.0699 e. The summed E-state index contributed by atoms with van der Waals surface area (Å²) in [7, 11) is 1.75. The maximum atomic E-state index is 5.08. The third-order valence-electron chi connectivity index (χ3n) is 2.16. The molecule has 0 aromatic heterocycles.